The maximum Gasteiger partial charge on any atom is 0.226 e. The standard InChI is InChI=1S/C18H21N7O2/c1-23-9-14(8-21-23)16-20-7-13(6-19)17(22-16)24-4-5-25(15(10-24)11-26)18(27)12-2-3-12/h7-9,12,15,26H,2-5,10-11H2,1H3/t15-/m0/s1. The first-order chi connectivity index (χ1) is 13.1. The molecular weight excluding hydrogens is 346 g/mol. The van der Waals surface area contributed by atoms with E-state index in [1.54, 1.807) is 15.8 Å². The molecule has 0 unspecified atom stereocenters. The summed E-state index contributed by atoms with van der Waals surface area (Å²) in [7, 11) is 1.82. The molecule has 0 aromatic carbocycles. The van der Waals surface area contributed by atoms with Gasteiger partial charge in [0, 0.05) is 38.8 Å². The molecule has 0 radical (unpaired) electrons. The van der Waals surface area contributed by atoms with Crippen molar-refractivity contribution in [1.29, 1.82) is 5.26 Å². The zero-order valence-corrected chi connectivity index (χ0v) is 15.1. The van der Waals surface area contributed by atoms with E-state index in [1.807, 2.05) is 18.1 Å². The first-order valence-corrected chi connectivity index (χ1v) is 9.03. The van der Waals surface area contributed by atoms with Crippen LogP contribution in [0.25, 0.3) is 11.4 Å². The monoisotopic (exact) mass is 367 g/mol. The van der Waals surface area contributed by atoms with Gasteiger partial charge in [0.15, 0.2) is 11.6 Å². The fraction of sp³-hybridized carbons (Fsp3) is 0.500. The number of hydrogen-bond donors (Lipinski definition) is 1. The van der Waals surface area contributed by atoms with E-state index < -0.39 is 0 Å². The van der Waals surface area contributed by atoms with Gasteiger partial charge in [-0.1, -0.05) is 0 Å². The average molecular weight is 367 g/mol. The number of rotatable bonds is 4. The molecule has 2 aromatic rings. The number of aliphatic hydroxyl groups is 1. The summed E-state index contributed by atoms with van der Waals surface area (Å²) < 4.78 is 1.67. The molecule has 1 aliphatic heterocycles. The SMILES string of the molecule is Cn1cc(-c2ncc(C#N)c(N3CCN(C(=O)C4CC4)[C@H](CO)C3)n2)cn1. The van der Waals surface area contributed by atoms with Crippen LogP contribution in [0.4, 0.5) is 5.82 Å². The largest absolute Gasteiger partial charge is 0.394 e. The molecule has 9 heteroatoms. The van der Waals surface area contributed by atoms with Crippen LogP contribution < -0.4 is 4.90 Å². The number of aliphatic hydroxyl groups excluding tert-OH is 1. The predicted octanol–water partition coefficient (Wildman–Crippen LogP) is 0.168. The van der Waals surface area contributed by atoms with Gasteiger partial charge in [-0.3, -0.25) is 9.48 Å². The second-order valence-electron chi connectivity index (χ2n) is 7.03. The summed E-state index contributed by atoms with van der Waals surface area (Å²) >= 11 is 0. The summed E-state index contributed by atoms with van der Waals surface area (Å²) in [6.07, 6.45) is 6.88. The van der Waals surface area contributed by atoms with Crippen LogP contribution in [0.15, 0.2) is 18.6 Å². The van der Waals surface area contributed by atoms with Crippen LogP contribution >= 0.6 is 0 Å². The third kappa shape index (κ3) is 3.36. The van der Waals surface area contributed by atoms with Crippen LogP contribution in [0.3, 0.4) is 0 Å². The maximum atomic E-state index is 12.4. The van der Waals surface area contributed by atoms with E-state index in [-0.39, 0.29) is 24.5 Å². The number of hydrogen-bond acceptors (Lipinski definition) is 7. The van der Waals surface area contributed by atoms with Gasteiger partial charge in [-0.25, -0.2) is 9.97 Å². The number of amides is 1. The first kappa shape index (κ1) is 17.4. The molecule has 1 saturated carbocycles. The number of aryl methyl sites for hydroxylation is 1. The molecule has 0 bridgehead atoms. The van der Waals surface area contributed by atoms with E-state index in [2.05, 4.69) is 21.1 Å². The topological polar surface area (TPSA) is 111 Å². The molecule has 140 valence electrons. The molecule has 1 N–H and O–H groups in total. The Morgan fingerprint density at radius 2 is 2.19 bits per heavy atom. The Morgan fingerprint density at radius 3 is 2.81 bits per heavy atom. The Morgan fingerprint density at radius 1 is 1.37 bits per heavy atom. The molecule has 2 aliphatic rings. The first-order valence-electron chi connectivity index (χ1n) is 9.03. The van der Waals surface area contributed by atoms with Gasteiger partial charge in [0.2, 0.25) is 5.91 Å². The van der Waals surface area contributed by atoms with Crippen molar-refractivity contribution < 1.29 is 9.90 Å². The summed E-state index contributed by atoms with van der Waals surface area (Å²) in [5, 5.41) is 23.4. The van der Waals surface area contributed by atoms with E-state index in [0.29, 0.717) is 36.8 Å². The zero-order valence-electron chi connectivity index (χ0n) is 15.1. The Hall–Kier alpha value is -2.99. The highest BCUT2D eigenvalue weighted by atomic mass is 16.3. The van der Waals surface area contributed by atoms with Crippen molar-refractivity contribution in [3.8, 4) is 17.5 Å². The minimum Gasteiger partial charge on any atom is -0.394 e. The van der Waals surface area contributed by atoms with Gasteiger partial charge >= 0.3 is 0 Å². The molecule has 9 nitrogen and oxygen atoms in total. The fourth-order valence-corrected chi connectivity index (χ4v) is 3.43. The number of nitriles is 1. The summed E-state index contributed by atoms with van der Waals surface area (Å²) in [4.78, 5) is 25.0. The minimum atomic E-state index is -0.296. The molecule has 3 heterocycles. The van der Waals surface area contributed by atoms with Gasteiger partial charge in [0.1, 0.15) is 11.6 Å². The quantitative estimate of drug-likeness (QED) is 0.820. The highest BCUT2D eigenvalue weighted by molar-refractivity contribution is 5.81. The summed E-state index contributed by atoms with van der Waals surface area (Å²) in [5.74, 6) is 1.28. The Labute approximate surface area is 156 Å². The van der Waals surface area contributed by atoms with Crippen LogP contribution in [-0.2, 0) is 11.8 Å². The highest BCUT2D eigenvalue weighted by Crippen LogP contribution is 2.33. The second kappa shape index (κ2) is 6.96. The molecule has 4 rings (SSSR count). The van der Waals surface area contributed by atoms with Gasteiger partial charge in [-0.05, 0) is 12.8 Å². The third-order valence-corrected chi connectivity index (χ3v) is 5.05. The van der Waals surface area contributed by atoms with Gasteiger partial charge < -0.3 is 14.9 Å². The number of anilines is 1. The third-order valence-electron chi connectivity index (χ3n) is 5.05. The number of aromatic nitrogens is 4. The van der Waals surface area contributed by atoms with Crippen molar-refractivity contribution in [3.05, 3.63) is 24.2 Å². The van der Waals surface area contributed by atoms with E-state index in [4.69, 9.17) is 0 Å². The van der Waals surface area contributed by atoms with Crippen molar-refractivity contribution in [2.24, 2.45) is 13.0 Å². The summed E-state index contributed by atoms with van der Waals surface area (Å²) in [6, 6.07) is 1.85. The van der Waals surface area contributed by atoms with Crippen molar-refractivity contribution in [3.63, 3.8) is 0 Å². The Balaban J connectivity index is 1.60. The predicted molar refractivity (Wildman–Crippen MR) is 96.5 cm³/mol. The van der Waals surface area contributed by atoms with Crippen molar-refractivity contribution in [2.45, 2.75) is 18.9 Å². The smallest absolute Gasteiger partial charge is 0.226 e. The van der Waals surface area contributed by atoms with Gasteiger partial charge in [-0.2, -0.15) is 10.4 Å². The van der Waals surface area contributed by atoms with E-state index >= 15 is 0 Å². The van der Waals surface area contributed by atoms with Crippen molar-refractivity contribution >= 4 is 11.7 Å². The Bertz CT molecular complexity index is 899. The average Bonchev–Trinajstić information content (AvgIpc) is 3.47. The lowest BCUT2D eigenvalue weighted by Gasteiger charge is -2.41. The van der Waals surface area contributed by atoms with E-state index in [1.165, 1.54) is 6.20 Å². The lowest BCUT2D eigenvalue weighted by atomic mass is 10.1. The number of piperazine rings is 1. The van der Waals surface area contributed by atoms with Crippen LogP contribution in [0.2, 0.25) is 0 Å². The summed E-state index contributed by atoms with van der Waals surface area (Å²) in [5.41, 5.74) is 1.14. The second-order valence-corrected chi connectivity index (χ2v) is 7.03. The molecule has 0 spiro atoms. The molecular formula is C18H21N7O2. The van der Waals surface area contributed by atoms with Crippen LogP contribution in [0.1, 0.15) is 18.4 Å². The number of carbonyl (C=O) groups excluding carboxylic acids is 1. The number of carbonyl (C=O) groups is 1. The van der Waals surface area contributed by atoms with Crippen LogP contribution in [0, 0.1) is 17.2 Å². The molecule has 1 saturated heterocycles. The summed E-state index contributed by atoms with van der Waals surface area (Å²) in [6.45, 7) is 1.40. The lowest BCUT2D eigenvalue weighted by Crippen LogP contribution is -2.57. The molecule has 2 fully saturated rings. The molecule has 1 aliphatic carbocycles. The number of nitrogens with zero attached hydrogens (tertiary/aromatic N) is 7. The van der Waals surface area contributed by atoms with E-state index in [9.17, 15) is 15.2 Å². The zero-order chi connectivity index (χ0) is 19.0. The van der Waals surface area contributed by atoms with Gasteiger partial charge in [0.05, 0.1) is 30.6 Å². The van der Waals surface area contributed by atoms with Crippen molar-refractivity contribution in [1.82, 2.24) is 24.6 Å². The normalized spacial score (nSPS) is 19.8. The molecule has 2 aromatic heterocycles. The minimum absolute atomic E-state index is 0.114. The van der Waals surface area contributed by atoms with Crippen molar-refractivity contribution in [2.75, 3.05) is 31.1 Å². The molecule has 1 atom stereocenters. The van der Waals surface area contributed by atoms with Crippen LogP contribution in [-0.4, -0.2) is 67.9 Å². The fourth-order valence-electron chi connectivity index (χ4n) is 3.43. The van der Waals surface area contributed by atoms with Gasteiger partial charge in [0.25, 0.3) is 0 Å². The van der Waals surface area contributed by atoms with Crippen LogP contribution in [0.5, 0.6) is 0 Å². The highest BCUT2D eigenvalue weighted by Gasteiger charge is 2.39. The van der Waals surface area contributed by atoms with Gasteiger partial charge in [-0.15, -0.1) is 0 Å². The van der Waals surface area contributed by atoms with E-state index in [0.717, 1.165) is 18.4 Å². The maximum absolute atomic E-state index is 12.4. The molecule has 1 amide bonds. The Kier molecular flexibility index (Phi) is 4.49. The molecule has 27 heavy (non-hydrogen) atoms. The lowest BCUT2D eigenvalue weighted by molar-refractivity contribution is -0.136.